The van der Waals surface area contributed by atoms with Gasteiger partial charge >= 0.3 is 13.5 Å². The van der Waals surface area contributed by atoms with E-state index in [2.05, 4.69) is 4.74 Å². The van der Waals surface area contributed by atoms with Crippen LogP contribution in [0.4, 0.5) is 13.2 Å². The van der Waals surface area contributed by atoms with Crippen LogP contribution in [-0.4, -0.2) is 24.7 Å². The van der Waals surface area contributed by atoms with Crippen LogP contribution in [0.1, 0.15) is 40.2 Å². The Morgan fingerprint density at radius 1 is 1.09 bits per heavy atom. The molecule has 1 aliphatic rings. The number of hydrogen-bond donors (Lipinski definition) is 0. The quantitative estimate of drug-likeness (QED) is 0.800. The molecule has 7 heteroatoms. The van der Waals surface area contributed by atoms with Crippen molar-refractivity contribution in [2.45, 2.75) is 58.6 Å². The predicted molar refractivity (Wildman–Crippen MR) is 78.2 cm³/mol. The van der Waals surface area contributed by atoms with Crippen molar-refractivity contribution in [3.05, 3.63) is 23.8 Å². The molecule has 0 N–H and O–H groups in total. The highest BCUT2D eigenvalue weighted by molar-refractivity contribution is 6.63. The minimum atomic E-state index is -4.76. The van der Waals surface area contributed by atoms with Gasteiger partial charge in [-0.05, 0) is 45.7 Å². The number of aryl methyl sites for hydroxylation is 1. The summed E-state index contributed by atoms with van der Waals surface area (Å²) in [5.74, 6) is -0.273. The van der Waals surface area contributed by atoms with Crippen LogP contribution in [0.15, 0.2) is 18.2 Å². The highest BCUT2D eigenvalue weighted by atomic mass is 19.4. The summed E-state index contributed by atoms with van der Waals surface area (Å²) >= 11 is 0. The van der Waals surface area contributed by atoms with Crippen molar-refractivity contribution in [1.82, 2.24) is 0 Å². The maximum atomic E-state index is 12.6. The van der Waals surface area contributed by atoms with Gasteiger partial charge in [0.05, 0.1) is 11.2 Å². The third-order valence-corrected chi connectivity index (χ3v) is 4.22. The predicted octanol–water partition coefficient (Wildman–Crippen LogP) is 3.45. The number of hydrogen-bond acceptors (Lipinski definition) is 3. The number of alkyl halides is 3. The highest BCUT2D eigenvalue weighted by Crippen LogP contribution is 2.37. The van der Waals surface area contributed by atoms with Crippen LogP contribution in [0.3, 0.4) is 0 Å². The second-order valence-corrected chi connectivity index (χ2v) is 6.36. The molecule has 1 saturated heterocycles. The second kappa shape index (κ2) is 5.46. The van der Waals surface area contributed by atoms with E-state index in [0.29, 0.717) is 6.42 Å². The van der Waals surface area contributed by atoms with Crippen molar-refractivity contribution in [1.29, 1.82) is 0 Å². The fourth-order valence-electron chi connectivity index (χ4n) is 2.18. The SMILES string of the molecule is CCc1ccc(B2OC(C)(C)C(C)(C)O2)c(OC(F)(F)F)c1. The van der Waals surface area contributed by atoms with Gasteiger partial charge in [0.2, 0.25) is 0 Å². The lowest BCUT2D eigenvalue weighted by Crippen LogP contribution is -2.41. The first-order valence-electron chi connectivity index (χ1n) is 7.19. The first-order valence-corrected chi connectivity index (χ1v) is 7.19. The molecule has 1 fully saturated rings. The molecular formula is C15H20BF3O3. The summed E-state index contributed by atoms with van der Waals surface area (Å²) in [6, 6.07) is 4.71. The van der Waals surface area contributed by atoms with Gasteiger partial charge in [-0.25, -0.2) is 0 Å². The summed E-state index contributed by atoms with van der Waals surface area (Å²) in [6.07, 6.45) is -4.15. The molecule has 1 aromatic carbocycles. The molecular weight excluding hydrogens is 296 g/mol. The average Bonchev–Trinajstić information content (AvgIpc) is 2.56. The second-order valence-electron chi connectivity index (χ2n) is 6.36. The van der Waals surface area contributed by atoms with Crippen LogP contribution in [0.5, 0.6) is 5.75 Å². The lowest BCUT2D eigenvalue weighted by atomic mass is 9.78. The van der Waals surface area contributed by atoms with Crippen LogP contribution in [0.25, 0.3) is 0 Å². The number of rotatable bonds is 3. The lowest BCUT2D eigenvalue weighted by Gasteiger charge is -2.32. The Bertz CT molecular complexity index is 539. The van der Waals surface area contributed by atoms with E-state index >= 15 is 0 Å². The van der Waals surface area contributed by atoms with Gasteiger partial charge < -0.3 is 14.0 Å². The van der Waals surface area contributed by atoms with Crippen molar-refractivity contribution < 1.29 is 27.2 Å². The summed E-state index contributed by atoms with van der Waals surface area (Å²) in [5, 5.41) is 0. The molecule has 122 valence electrons. The number of ether oxygens (including phenoxy) is 1. The number of halogens is 3. The van der Waals surface area contributed by atoms with Gasteiger partial charge in [0, 0.05) is 5.46 Å². The van der Waals surface area contributed by atoms with Gasteiger partial charge in [0.15, 0.2) is 0 Å². The van der Waals surface area contributed by atoms with E-state index in [-0.39, 0.29) is 11.2 Å². The third kappa shape index (κ3) is 3.41. The first-order chi connectivity index (χ1) is 9.95. The number of benzene rings is 1. The minimum Gasteiger partial charge on any atom is -0.406 e. The van der Waals surface area contributed by atoms with Gasteiger partial charge in [-0.15, -0.1) is 13.2 Å². The van der Waals surface area contributed by atoms with Crippen LogP contribution in [-0.2, 0) is 15.7 Å². The van der Waals surface area contributed by atoms with Crippen molar-refractivity contribution in [2.75, 3.05) is 0 Å². The molecule has 3 nitrogen and oxygen atoms in total. The molecule has 1 heterocycles. The topological polar surface area (TPSA) is 27.7 Å². The average molecular weight is 316 g/mol. The van der Waals surface area contributed by atoms with Crippen LogP contribution < -0.4 is 10.2 Å². The van der Waals surface area contributed by atoms with Crippen LogP contribution in [0, 0.1) is 0 Å². The zero-order chi connectivity index (χ0) is 16.8. The molecule has 22 heavy (non-hydrogen) atoms. The monoisotopic (exact) mass is 316 g/mol. The molecule has 0 atom stereocenters. The van der Waals surface area contributed by atoms with E-state index in [1.54, 1.807) is 12.1 Å². The van der Waals surface area contributed by atoms with E-state index in [0.717, 1.165) is 5.56 Å². The molecule has 0 aliphatic carbocycles. The van der Waals surface area contributed by atoms with Gasteiger partial charge in [0.1, 0.15) is 5.75 Å². The largest absolute Gasteiger partial charge is 0.573 e. The molecule has 0 aromatic heterocycles. The molecule has 1 aromatic rings. The van der Waals surface area contributed by atoms with Crippen molar-refractivity contribution in [3.63, 3.8) is 0 Å². The van der Waals surface area contributed by atoms with Crippen LogP contribution >= 0.6 is 0 Å². The first kappa shape index (κ1) is 17.2. The summed E-state index contributed by atoms with van der Waals surface area (Å²) in [7, 11) is -0.895. The van der Waals surface area contributed by atoms with Crippen molar-refractivity contribution in [3.8, 4) is 5.75 Å². The summed E-state index contributed by atoms with van der Waals surface area (Å²) in [4.78, 5) is 0. The Labute approximate surface area is 128 Å². The van der Waals surface area contributed by atoms with Crippen molar-refractivity contribution >= 4 is 12.6 Å². The van der Waals surface area contributed by atoms with E-state index in [9.17, 15) is 13.2 Å². The molecule has 0 spiro atoms. The fourth-order valence-corrected chi connectivity index (χ4v) is 2.18. The Hall–Kier alpha value is -1.21. The van der Waals surface area contributed by atoms with Crippen LogP contribution in [0.2, 0.25) is 0 Å². The summed E-state index contributed by atoms with van der Waals surface area (Å²) in [5.41, 5.74) is -0.264. The lowest BCUT2D eigenvalue weighted by molar-refractivity contribution is -0.274. The van der Waals surface area contributed by atoms with Crippen molar-refractivity contribution in [2.24, 2.45) is 0 Å². The summed E-state index contributed by atoms with van der Waals surface area (Å²) < 4.78 is 53.7. The smallest absolute Gasteiger partial charge is 0.406 e. The molecule has 2 rings (SSSR count). The zero-order valence-corrected chi connectivity index (χ0v) is 13.4. The van der Waals surface area contributed by atoms with Gasteiger partial charge in [0.25, 0.3) is 0 Å². The van der Waals surface area contributed by atoms with E-state index in [1.807, 2.05) is 34.6 Å². The molecule has 0 saturated carbocycles. The maximum Gasteiger partial charge on any atom is 0.573 e. The minimum absolute atomic E-state index is 0.244. The van der Waals surface area contributed by atoms with Gasteiger partial charge in [-0.2, -0.15) is 0 Å². The Morgan fingerprint density at radius 3 is 2.09 bits per heavy atom. The van der Waals surface area contributed by atoms with Gasteiger partial charge in [-0.1, -0.05) is 19.1 Å². The van der Waals surface area contributed by atoms with E-state index < -0.39 is 24.7 Å². The van der Waals surface area contributed by atoms with E-state index in [1.165, 1.54) is 6.07 Å². The Balaban J connectivity index is 2.39. The molecule has 0 unspecified atom stereocenters. The standard InChI is InChI=1S/C15H20BF3O3/c1-6-10-7-8-11(12(9-10)20-15(17,18)19)16-21-13(2,3)14(4,5)22-16/h7-9H,6H2,1-5H3. The molecule has 0 bridgehead atoms. The maximum absolute atomic E-state index is 12.6. The fraction of sp³-hybridized carbons (Fsp3) is 0.600. The van der Waals surface area contributed by atoms with Gasteiger partial charge in [-0.3, -0.25) is 0 Å². The molecule has 0 radical (unpaired) electrons. The summed E-state index contributed by atoms with van der Waals surface area (Å²) in [6.45, 7) is 9.24. The third-order valence-electron chi connectivity index (χ3n) is 4.22. The molecule has 1 aliphatic heterocycles. The highest BCUT2D eigenvalue weighted by Gasteiger charge is 2.52. The zero-order valence-electron chi connectivity index (χ0n) is 13.4. The normalized spacial score (nSPS) is 20.3. The Morgan fingerprint density at radius 2 is 1.64 bits per heavy atom. The Kier molecular flexibility index (Phi) is 4.26. The van der Waals surface area contributed by atoms with E-state index in [4.69, 9.17) is 9.31 Å². The molecule has 0 amide bonds.